The Labute approximate surface area is 89.5 Å². The van der Waals surface area contributed by atoms with E-state index in [0.717, 1.165) is 12.1 Å². The standard InChI is InChI=1S/C13H19P/c1-5-6-7-8-9-10-11-12-13(2)14(3)4/h7,9-11,13H,12H2,1-4H3/b11-10+. The van der Waals surface area contributed by atoms with Crippen LogP contribution in [-0.4, -0.2) is 19.0 Å². The first-order valence-corrected chi connectivity index (χ1v) is 7.13. The van der Waals surface area contributed by atoms with E-state index in [0.29, 0.717) is 0 Å². The van der Waals surface area contributed by atoms with E-state index < -0.39 is 0 Å². The minimum atomic E-state index is 0.192. The molecule has 0 rings (SSSR count). The first kappa shape index (κ1) is 13.2. The zero-order chi connectivity index (χ0) is 10.8. The summed E-state index contributed by atoms with van der Waals surface area (Å²) in [5.41, 5.74) is 3.80. The predicted octanol–water partition coefficient (Wildman–Crippen LogP) is 3.80. The van der Waals surface area contributed by atoms with E-state index in [4.69, 9.17) is 0 Å². The van der Waals surface area contributed by atoms with Gasteiger partial charge in [-0.25, -0.2) is 0 Å². The number of hydrogen-bond acceptors (Lipinski definition) is 0. The zero-order valence-corrected chi connectivity index (χ0v) is 10.4. The highest BCUT2D eigenvalue weighted by molar-refractivity contribution is 7.56. The lowest BCUT2D eigenvalue weighted by atomic mass is 10.3. The molecule has 0 bridgehead atoms. The van der Waals surface area contributed by atoms with Crippen LogP contribution in [-0.2, 0) is 0 Å². The third kappa shape index (κ3) is 7.88. The molecule has 0 saturated carbocycles. The second kappa shape index (κ2) is 8.83. The van der Waals surface area contributed by atoms with Gasteiger partial charge in [-0.3, -0.25) is 0 Å². The van der Waals surface area contributed by atoms with E-state index in [-0.39, 0.29) is 7.92 Å². The summed E-state index contributed by atoms with van der Waals surface area (Å²) in [5, 5.41) is 0. The van der Waals surface area contributed by atoms with Crippen LogP contribution in [0.15, 0.2) is 30.0 Å². The zero-order valence-electron chi connectivity index (χ0n) is 9.54. The van der Waals surface area contributed by atoms with Crippen LogP contribution in [0.2, 0.25) is 0 Å². The largest absolute Gasteiger partial charge is 0.112 e. The predicted molar refractivity (Wildman–Crippen MR) is 68.1 cm³/mol. The molecule has 76 valence electrons. The first-order chi connectivity index (χ1) is 6.68. The smallest absolute Gasteiger partial charge is 0.0301 e. The summed E-state index contributed by atoms with van der Waals surface area (Å²) >= 11 is 0. The minimum Gasteiger partial charge on any atom is -0.112 e. The van der Waals surface area contributed by atoms with Gasteiger partial charge in [0.1, 0.15) is 0 Å². The van der Waals surface area contributed by atoms with E-state index in [1.807, 2.05) is 19.1 Å². The summed E-state index contributed by atoms with van der Waals surface area (Å²) in [6.07, 6.45) is 9.05. The van der Waals surface area contributed by atoms with Gasteiger partial charge in [0.25, 0.3) is 0 Å². The molecule has 0 aliphatic heterocycles. The highest BCUT2D eigenvalue weighted by Crippen LogP contribution is 2.33. The van der Waals surface area contributed by atoms with E-state index in [1.54, 1.807) is 6.08 Å². The summed E-state index contributed by atoms with van der Waals surface area (Å²) in [6, 6.07) is 0. The molecule has 0 aliphatic carbocycles. The first-order valence-electron chi connectivity index (χ1n) is 4.83. The molecule has 0 saturated heterocycles. The van der Waals surface area contributed by atoms with Crippen LogP contribution in [0.3, 0.4) is 0 Å². The van der Waals surface area contributed by atoms with Crippen molar-refractivity contribution in [1.82, 2.24) is 0 Å². The van der Waals surface area contributed by atoms with Crippen molar-refractivity contribution in [3.8, 4) is 11.8 Å². The van der Waals surface area contributed by atoms with Gasteiger partial charge >= 0.3 is 0 Å². The van der Waals surface area contributed by atoms with Crippen LogP contribution in [0.1, 0.15) is 20.3 Å². The van der Waals surface area contributed by atoms with Gasteiger partial charge < -0.3 is 0 Å². The van der Waals surface area contributed by atoms with Crippen molar-refractivity contribution in [3.05, 3.63) is 30.0 Å². The Bertz CT molecular complexity index is 280. The molecule has 0 aliphatic rings. The van der Waals surface area contributed by atoms with Crippen molar-refractivity contribution in [1.29, 1.82) is 0 Å². The second-order valence-corrected chi connectivity index (χ2v) is 6.16. The lowest BCUT2D eigenvalue weighted by Gasteiger charge is -2.12. The summed E-state index contributed by atoms with van der Waals surface area (Å²) < 4.78 is 0. The normalized spacial score (nSPS) is 11.8. The number of hydrogen-bond donors (Lipinski definition) is 0. The van der Waals surface area contributed by atoms with E-state index in [1.165, 1.54) is 0 Å². The Balaban J connectivity index is 3.83. The minimum absolute atomic E-state index is 0.192. The second-order valence-electron chi connectivity index (χ2n) is 3.35. The third-order valence-electron chi connectivity index (χ3n) is 1.99. The maximum Gasteiger partial charge on any atom is 0.0301 e. The van der Waals surface area contributed by atoms with Crippen molar-refractivity contribution in [3.63, 3.8) is 0 Å². The fraction of sp³-hybridized carbons (Fsp3) is 0.462. The van der Waals surface area contributed by atoms with Crippen molar-refractivity contribution in [2.75, 3.05) is 13.3 Å². The molecule has 1 unspecified atom stereocenters. The van der Waals surface area contributed by atoms with Crippen LogP contribution in [0, 0.1) is 11.8 Å². The maximum absolute atomic E-state index is 2.98. The molecule has 0 aromatic rings. The molecule has 0 spiro atoms. The fourth-order valence-electron chi connectivity index (χ4n) is 0.772. The van der Waals surface area contributed by atoms with Crippen LogP contribution in [0.4, 0.5) is 0 Å². The average Bonchev–Trinajstić information content (AvgIpc) is 2.16. The Kier molecular flexibility index (Phi) is 8.36. The molecule has 0 heterocycles. The molecule has 0 aromatic carbocycles. The van der Waals surface area contributed by atoms with Crippen molar-refractivity contribution >= 4 is 7.92 Å². The quantitative estimate of drug-likeness (QED) is 0.284. The average molecular weight is 206 g/mol. The molecule has 0 radical (unpaired) electrons. The van der Waals surface area contributed by atoms with Crippen molar-refractivity contribution in [2.24, 2.45) is 0 Å². The van der Waals surface area contributed by atoms with Gasteiger partial charge in [0.05, 0.1) is 0 Å². The molecule has 0 N–H and O–H groups in total. The van der Waals surface area contributed by atoms with Gasteiger partial charge in [0.15, 0.2) is 0 Å². The van der Waals surface area contributed by atoms with Gasteiger partial charge in [0.2, 0.25) is 0 Å². The molecule has 0 amide bonds. The van der Waals surface area contributed by atoms with Crippen LogP contribution < -0.4 is 0 Å². The molecule has 14 heavy (non-hydrogen) atoms. The maximum atomic E-state index is 2.98. The van der Waals surface area contributed by atoms with E-state index >= 15 is 0 Å². The summed E-state index contributed by atoms with van der Waals surface area (Å²) in [4.78, 5) is 0. The van der Waals surface area contributed by atoms with E-state index in [2.05, 4.69) is 43.9 Å². The lowest BCUT2D eigenvalue weighted by molar-refractivity contribution is 0.968. The van der Waals surface area contributed by atoms with Crippen LogP contribution in [0.5, 0.6) is 0 Å². The summed E-state index contributed by atoms with van der Waals surface area (Å²) in [6.45, 7) is 8.76. The molecular formula is C13H19P. The Morgan fingerprint density at radius 3 is 2.64 bits per heavy atom. The third-order valence-corrected chi connectivity index (χ3v) is 3.96. The SMILES string of the molecule is CC#CC=C=C/C=C/CC(C)P(C)C. The van der Waals surface area contributed by atoms with Crippen molar-refractivity contribution < 1.29 is 0 Å². The van der Waals surface area contributed by atoms with Gasteiger partial charge in [-0.1, -0.05) is 25.0 Å². The monoisotopic (exact) mass is 206 g/mol. The summed E-state index contributed by atoms with van der Waals surface area (Å²) in [7, 11) is 0.192. The number of allylic oxidation sites excluding steroid dienone is 3. The summed E-state index contributed by atoms with van der Waals surface area (Å²) in [5.74, 6) is 5.60. The van der Waals surface area contributed by atoms with Gasteiger partial charge in [0, 0.05) is 6.08 Å². The molecule has 0 nitrogen and oxygen atoms in total. The Morgan fingerprint density at radius 2 is 2.07 bits per heavy atom. The van der Waals surface area contributed by atoms with E-state index in [9.17, 15) is 0 Å². The lowest BCUT2D eigenvalue weighted by Crippen LogP contribution is -1.94. The van der Waals surface area contributed by atoms with Crippen LogP contribution >= 0.6 is 7.92 Å². The highest BCUT2D eigenvalue weighted by atomic mass is 31.1. The van der Waals surface area contributed by atoms with Crippen LogP contribution in [0.25, 0.3) is 0 Å². The van der Waals surface area contributed by atoms with Gasteiger partial charge in [-0.15, -0.1) is 19.6 Å². The molecular weight excluding hydrogens is 187 g/mol. The Hall–Kier alpha value is -0.750. The molecule has 1 atom stereocenters. The number of rotatable bonds is 4. The topological polar surface area (TPSA) is 0 Å². The molecule has 1 heteroatoms. The van der Waals surface area contributed by atoms with Crippen molar-refractivity contribution in [2.45, 2.75) is 25.9 Å². The Morgan fingerprint density at radius 1 is 1.36 bits per heavy atom. The fourth-order valence-corrected chi connectivity index (χ4v) is 1.32. The highest BCUT2D eigenvalue weighted by Gasteiger charge is 2.02. The van der Waals surface area contributed by atoms with Gasteiger partial charge in [-0.2, -0.15) is 0 Å². The molecule has 0 fully saturated rings. The molecule has 0 aromatic heterocycles. The van der Waals surface area contributed by atoms with Gasteiger partial charge in [-0.05, 0) is 38.4 Å².